The fourth-order valence-corrected chi connectivity index (χ4v) is 0.770. The summed E-state index contributed by atoms with van der Waals surface area (Å²) >= 11 is 0. The fourth-order valence-electron chi connectivity index (χ4n) is 0.770. The van der Waals surface area contributed by atoms with Gasteiger partial charge in [-0.15, -0.1) is 0 Å². The molecule has 1 nitrogen and oxygen atoms in total. The number of hydrogen-bond donors (Lipinski definition) is 0. The highest BCUT2D eigenvalue weighted by Gasteiger charge is 1.86. The molecule has 0 aromatic carbocycles. The minimum atomic E-state index is 1.14. The molecule has 1 heterocycles. The highest BCUT2D eigenvalue weighted by Crippen LogP contribution is 1.98. The van der Waals surface area contributed by atoms with Crippen LogP contribution >= 0.6 is 0 Å². The van der Waals surface area contributed by atoms with Crippen LogP contribution in [0.25, 0.3) is 0 Å². The molecule has 44 valence electrons. The van der Waals surface area contributed by atoms with E-state index in [0.29, 0.717) is 0 Å². The molecule has 1 aromatic rings. The SMILES string of the molecule is CCc1ccn(C)c1. The Bertz CT molecular complexity index is 165. The molecular weight excluding hydrogens is 98.1 g/mol. The summed E-state index contributed by atoms with van der Waals surface area (Å²) < 4.78 is 2.07. The van der Waals surface area contributed by atoms with E-state index in [2.05, 4.69) is 30.0 Å². The predicted octanol–water partition coefficient (Wildman–Crippen LogP) is 1.59. The van der Waals surface area contributed by atoms with E-state index in [-0.39, 0.29) is 0 Å². The summed E-state index contributed by atoms with van der Waals surface area (Å²) in [6, 6.07) is 2.14. The lowest BCUT2D eigenvalue weighted by atomic mass is 10.3. The average Bonchev–Trinajstić information content (AvgIpc) is 2.14. The number of nitrogens with zero attached hydrogens (tertiary/aromatic N) is 1. The van der Waals surface area contributed by atoms with Crippen molar-refractivity contribution >= 4 is 0 Å². The highest BCUT2D eigenvalue weighted by molar-refractivity contribution is 5.08. The third kappa shape index (κ3) is 0.915. The summed E-state index contributed by atoms with van der Waals surface area (Å²) in [4.78, 5) is 0. The smallest absolute Gasteiger partial charge is 0.0106 e. The van der Waals surface area contributed by atoms with Crippen molar-refractivity contribution in [3.63, 3.8) is 0 Å². The molecule has 0 bridgehead atoms. The van der Waals surface area contributed by atoms with Gasteiger partial charge in [-0.05, 0) is 18.1 Å². The molecule has 0 N–H and O–H groups in total. The first-order chi connectivity index (χ1) is 3.83. The zero-order valence-electron chi connectivity index (χ0n) is 5.39. The number of rotatable bonds is 1. The molecule has 0 fully saturated rings. The molecule has 0 atom stereocenters. The third-order valence-corrected chi connectivity index (χ3v) is 1.30. The van der Waals surface area contributed by atoms with Gasteiger partial charge in [0.25, 0.3) is 0 Å². The lowest BCUT2D eigenvalue weighted by Crippen LogP contribution is -1.78. The van der Waals surface area contributed by atoms with E-state index in [1.165, 1.54) is 5.56 Å². The van der Waals surface area contributed by atoms with Crippen LogP contribution in [0.15, 0.2) is 18.5 Å². The highest BCUT2D eigenvalue weighted by atomic mass is 14.9. The molecule has 0 aliphatic carbocycles. The van der Waals surface area contributed by atoms with Crippen LogP contribution in [0.1, 0.15) is 12.5 Å². The van der Waals surface area contributed by atoms with Crippen molar-refractivity contribution in [2.45, 2.75) is 13.3 Å². The molecule has 0 unspecified atom stereocenters. The first-order valence-electron chi connectivity index (χ1n) is 2.93. The predicted molar refractivity (Wildman–Crippen MR) is 34.8 cm³/mol. The first-order valence-corrected chi connectivity index (χ1v) is 2.93. The second kappa shape index (κ2) is 2.03. The van der Waals surface area contributed by atoms with Gasteiger partial charge < -0.3 is 4.57 Å². The van der Waals surface area contributed by atoms with Gasteiger partial charge in [0.15, 0.2) is 0 Å². The maximum atomic E-state index is 2.16. The quantitative estimate of drug-likeness (QED) is 0.516. The van der Waals surface area contributed by atoms with Gasteiger partial charge >= 0.3 is 0 Å². The van der Waals surface area contributed by atoms with Gasteiger partial charge in [-0.1, -0.05) is 6.92 Å². The van der Waals surface area contributed by atoms with Crippen LogP contribution < -0.4 is 0 Å². The fraction of sp³-hybridized carbons (Fsp3) is 0.429. The summed E-state index contributed by atoms with van der Waals surface area (Å²) in [6.07, 6.45) is 5.35. The normalized spacial score (nSPS) is 9.75. The van der Waals surface area contributed by atoms with Crippen molar-refractivity contribution in [3.05, 3.63) is 24.0 Å². The van der Waals surface area contributed by atoms with Gasteiger partial charge in [-0.25, -0.2) is 0 Å². The molecule has 1 aromatic heterocycles. The van der Waals surface area contributed by atoms with Gasteiger partial charge in [0.2, 0.25) is 0 Å². The van der Waals surface area contributed by atoms with Gasteiger partial charge in [-0.3, -0.25) is 0 Å². The second-order valence-electron chi connectivity index (χ2n) is 2.04. The Hall–Kier alpha value is -0.720. The molecule has 0 saturated carbocycles. The standard InChI is InChI=1S/C7H11N/c1-3-7-4-5-8(2)6-7/h4-6H,3H2,1-2H3. The van der Waals surface area contributed by atoms with E-state index in [0.717, 1.165) is 6.42 Å². The van der Waals surface area contributed by atoms with Crippen LogP contribution in [0.2, 0.25) is 0 Å². The Balaban J connectivity index is 2.84. The monoisotopic (exact) mass is 109 g/mol. The van der Waals surface area contributed by atoms with Crippen molar-refractivity contribution in [2.75, 3.05) is 0 Å². The Morgan fingerprint density at radius 1 is 1.62 bits per heavy atom. The Labute approximate surface area is 49.9 Å². The number of aromatic nitrogens is 1. The molecule has 1 rings (SSSR count). The van der Waals surface area contributed by atoms with E-state index in [1.807, 2.05) is 7.05 Å². The van der Waals surface area contributed by atoms with E-state index in [9.17, 15) is 0 Å². The maximum Gasteiger partial charge on any atom is 0.0106 e. The summed E-state index contributed by atoms with van der Waals surface area (Å²) in [6.45, 7) is 2.16. The summed E-state index contributed by atoms with van der Waals surface area (Å²) in [7, 11) is 2.04. The van der Waals surface area contributed by atoms with Crippen molar-refractivity contribution < 1.29 is 0 Å². The zero-order valence-corrected chi connectivity index (χ0v) is 5.39. The van der Waals surface area contributed by atoms with Crippen LogP contribution in [0.5, 0.6) is 0 Å². The van der Waals surface area contributed by atoms with E-state index >= 15 is 0 Å². The van der Waals surface area contributed by atoms with Crippen LogP contribution in [0.4, 0.5) is 0 Å². The molecule has 0 radical (unpaired) electrons. The third-order valence-electron chi connectivity index (χ3n) is 1.30. The lowest BCUT2D eigenvalue weighted by Gasteiger charge is -1.84. The molecule has 8 heavy (non-hydrogen) atoms. The Kier molecular flexibility index (Phi) is 1.38. The van der Waals surface area contributed by atoms with E-state index < -0.39 is 0 Å². The van der Waals surface area contributed by atoms with Crippen molar-refractivity contribution in [1.29, 1.82) is 0 Å². The van der Waals surface area contributed by atoms with E-state index in [4.69, 9.17) is 0 Å². The molecule has 0 spiro atoms. The maximum absolute atomic E-state index is 2.16. The second-order valence-corrected chi connectivity index (χ2v) is 2.04. The molecular formula is C7H11N. The molecule has 0 saturated heterocycles. The summed E-state index contributed by atoms with van der Waals surface area (Å²) in [5.41, 5.74) is 1.41. The summed E-state index contributed by atoms with van der Waals surface area (Å²) in [5, 5.41) is 0. The van der Waals surface area contributed by atoms with E-state index in [1.54, 1.807) is 0 Å². The van der Waals surface area contributed by atoms with Crippen LogP contribution in [-0.2, 0) is 13.5 Å². The van der Waals surface area contributed by atoms with Gasteiger partial charge in [-0.2, -0.15) is 0 Å². The largest absolute Gasteiger partial charge is 0.357 e. The molecule has 0 aliphatic heterocycles. The Morgan fingerprint density at radius 2 is 2.38 bits per heavy atom. The molecule has 0 amide bonds. The lowest BCUT2D eigenvalue weighted by molar-refractivity contribution is 0.919. The minimum absolute atomic E-state index is 1.14. The summed E-state index contributed by atoms with van der Waals surface area (Å²) in [5.74, 6) is 0. The van der Waals surface area contributed by atoms with Crippen LogP contribution in [0.3, 0.4) is 0 Å². The zero-order chi connectivity index (χ0) is 5.98. The topological polar surface area (TPSA) is 4.93 Å². The van der Waals surface area contributed by atoms with Crippen LogP contribution in [-0.4, -0.2) is 4.57 Å². The Morgan fingerprint density at radius 3 is 2.62 bits per heavy atom. The first kappa shape index (κ1) is 5.42. The van der Waals surface area contributed by atoms with Crippen molar-refractivity contribution in [2.24, 2.45) is 7.05 Å². The number of hydrogen-bond acceptors (Lipinski definition) is 0. The van der Waals surface area contributed by atoms with Gasteiger partial charge in [0, 0.05) is 19.4 Å². The molecule has 0 aliphatic rings. The average molecular weight is 109 g/mol. The van der Waals surface area contributed by atoms with Gasteiger partial charge in [0.05, 0.1) is 0 Å². The molecule has 1 heteroatoms. The van der Waals surface area contributed by atoms with Crippen molar-refractivity contribution in [3.8, 4) is 0 Å². The van der Waals surface area contributed by atoms with Crippen LogP contribution in [0, 0.1) is 0 Å². The minimum Gasteiger partial charge on any atom is -0.357 e. The van der Waals surface area contributed by atoms with Crippen molar-refractivity contribution in [1.82, 2.24) is 4.57 Å². The number of aryl methyl sites for hydroxylation is 2. The van der Waals surface area contributed by atoms with Gasteiger partial charge in [0.1, 0.15) is 0 Å².